The molecule has 6 heteroatoms. The van der Waals surface area contributed by atoms with E-state index in [4.69, 9.17) is 5.73 Å². The Labute approximate surface area is 134 Å². The van der Waals surface area contributed by atoms with Gasteiger partial charge < -0.3 is 11.1 Å². The fraction of sp³-hybridized carbons (Fsp3) is 0.231. The lowest BCUT2D eigenvalue weighted by Crippen LogP contribution is -2.32. The second-order valence-corrected chi connectivity index (χ2v) is 4.65. The first-order valence-corrected chi connectivity index (χ1v) is 6.63. The Morgan fingerprint density at radius 2 is 2.11 bits per heavy atom. The number of hydrogen-bond acceptors (Lipinski definition) is 3. The molecule has 19 heavy (non-hydrogen) atoms. The van der Waals surface area contributed by atoms with E-state index >= 15 is 0 Å². The molecule has 1 aromatic carbocycles. The molecule has 0 aliphatic heterocycles. The second kappa shape index (κ2) is 8.11. The third-order valence-corrected chi connectivity index (χ3v) is 3.44. The Morgan fingerprint density at radius 1 is 1.37 bits per heavy atom. The number of nitrogens with zero attached hydrogens (tertiary/aromatic N) is 2. The average Bonchev–Trinajstić information content (AvgIpc) is 2.88. The number of aromatic nitrogens is 1. The Hall–Kier alpha value is -1.15. The number of hydrogen-bond donors (Lipinski definition) is 2. The molecule has 102 valence electrons. The van der Waals surface area contributed by atoms with E-state index < -0.39 is 0 Å². The maximum atomic E-state index is 5.55. The van der Waals surface area contributed by atoms with E-state index in [1.807, 2.05) is 18.2 Å². The first-order valence-electron chi connectivity index (χ1n) is 5.75. The van der Waals surface area contributed by atoms with Gasteiger partial charge >= 0.3 is 0 Å². The van der Waals surface area contributed by atoms with Crippen LogP contribution in [0, 0.1) is 0 Å². The van der Waals surface area contributed by atoms with Gasteiger partial charge in [-0.3, -0.25) is 4.99 Å². The van der Waals surface area contributed by atoms with E-state index in [0.717, 1.165) is 29.2 Å². The van der Waals surface area contributed by atoms with Crippen molar-refractivity contribution in [2.24, 2.45) is 10.7 Å². The normalized spacial score (nSPS) is 10.9. The molecular formula is C13H17IN4S. The predicted molar refractivity (Wildman–Crippen MR) is 92.2 cm³/mol. The Morgan fingerprint density at radius 3 is 2.79 bits per heavy atom. The summed E-state index contributed by atoms with van der Waals surface area (Å²) in [4.78, 5) is 8.44. The molecule has 1 aromatic heterocycles. The highest BCUT2D eigenvalue weighted by atomic mass is 127. The summed E-state index contributed by atoms with van der Waals surface area (Å²) >= 11 is 1.67. The Kier molecular flexibility index (Phi) is 6.79. The molecule has 0 fully saturated rings. The predicted octanol–water partition coefficient (Wildman–Crippen LogP) is 2.50. The van der Waals surface area contributed by atoms with Crippen LogP contribution in [0.2, 0.25) is 0 Å². The van der Waals surface area contributed by atoms with Gasteiger partial charge in [-0.2, -0.15) is 0 Å². The van der Waals surface area contributed by atoms with Crippen LogP contribution in [0.3, 0.4) is 0 Å². The Bertz CT molecular complexity index is 524. The number of halogens is 1. The van der Waals surface area contributed by atoms with Gasteiger partial charge in [0.1, 0.15) is 5.01 Å². The molecule has 0 atom stereocenters. The van der Waals surface area contributed by atoms with Crippen LogP contribution in [0.15, 0.2) is 40.7 Å². The van der Waals surface area contributed by atoms with Crippen molar-refractivity contribution in [1.29, 1.82) is 0 Å². The highest BCUT2D eigenvalue weighted by Crippen LogP contribution is 2.23. The van der Waals surface area contributed by atoms with Crippen LogP contribution in [0.5, 0.6) is 0 Å². The van der Waals surface area contributed by atoms with Crippen molar-refractivity contribution in [3.8, 4) is 10.6 Å². The minimum atomic E-state index is 0. The van der Waals surface area contributed by atoms with Gasteiger partial charge in [-0.05, 0) is 0 Å². The maximum absolute atomic E-state index is 5.55. The van der Waals surface area contributed by atoms with Gasteiger partial charge in [-0.1, -0.05) is 30.3 Å². The number of guanidine groups is 1. The summed E-state index contributed by atoms with van der Waals surface area (Å²) in [5, 5.41) is 6.17. The molecule has 0 aliphatic rings. The lowest BCUT2D eigenvalue weighted by atomic mass is 10.2. The summed E-state index contributed by atoms with van der Waals surface area (Å²) in [5.41, 5.74) is 7.80. The number of rotatable bonds is 4. The minimum Gasteiger partial charge on any atom is -0.370 e. The van der Waals surface area contributed by atoms with Gasteiger partial charge in [-0.25, -0.2) is 4.98 Å². The standard InChI is InChI=1S/C13H16N4S.HI/c1-15-13(14)16-8-7-11-9-18-12(17-11)10-5-3-2-4-6-10;/h2-6,9H,7-8H2,1H3,(H3,14,15,16);1H. The van der Waals surface area contributed by atoms with Crippen molar-refractivity contribution in [3.63, 3.8) is 0 Å². The zero-order valence-electron chi connectivity index (χ0n) is 10.7. The zero-order chi connectivity index (χ0) is 12.8. The van der Waals surface area contributed by atoms with Crippen molar-refractivity contribution < 1.29 is 0 Å². The molecule has 2 rings (SSSR count). The first-order chi connectivity index (χ1) is 8.79. The van der Waals surface area contributed by atoms with Gasteiger partial charge in [0.2, 0.25) is 0 Å². The van der Waals surface area contributed by atoms with Crippen LogP contribution in [0.4, 0.5) is 0 Å². The third kappa shape index (κ3) is 4.79. The number of nitrogens with two attached hydrogens (primary N) is 1. The molecule has 0 saturated carbocycles. The molecule has 0 aliphatic carbocycles. The van der Waals surface area contributed by atoms with E-state index in [-0.39, 0.29) is 24.0 Å². The second-order valence-electron chi connectivity index (χ2n) is 3.80. The van der Waals surface area contributed by atoms with Crippen LogP contribution >= 0.6 is 35.3 Å². The fourth-order valence-corrected chi connectivity index (χ4v) is 2.39. The van der Waals surface area contributed by atoms with E-state index in [2.05, 4.69) is 32.8 Å². The smallest absolute Gasteiger partial charge is 0.188 e. The van der Waals surface area contributed by atoms with Crippen LogP contribution in [0.1, 0.15) is 5.69 Å². The van der Waals surface area contributed by atoms with Crippen molar-refractivity contribution in [1.82, 2.24) is 10.3 Å². The van der Waals surface area contributed by atoms with E-state index in [0.29, 0.717) is 5.96 Å². The summed E-state index contributed by atoms with van der Waals surface area (Å²) in [6.45, 7) is 0.751. The Balaban J connectivity index is 0.00000180. The molecule has 2 aromatic rings. The quantitative estimate of drug-likeness (QED) is 0.481. The van der Waals surface area contributed by atoms with Gasteiger partial charge in [0, 0.05) is 31.0 Å². The molecule has 0 unspecified atom stereocenters. The molecule has 0 saturated heterocycles. The highest BCUT2D eigenvalue weighted by Gasteiger charge is 2.03. The third-order valence-electron chi connectivity index (χ3n) is 2.50. The molecule has 4 nitrogen and oxygen atoms in total. The lowest BCUT2D eigenvalue weighted by molar-refractivity contribution is 0.840. The van der Waals surface area contributed by atoms with E-state index in [1.54, 1.807) is 18.4 Å². The molecule has 0 radical (unpaired) electrons. The van der Waals surface area contributed by atoms with Crippen molar-refractivity contribution >= 4 is 41.3 Å². The van der Waals surface area contributed by atoms with Gasteiger partial charge in [-0.15, -0.1) is 35.3 Å². The molecule has 1 heterocycles. The summed E-state index contributed by atoms with van der Waals surface area (Å²) < 4.78 is 0. The van der Waals surface area contributed by atoms with Crippen LogP contribution < -0.4 is 11.1 Å². The monoisotopic (exact) mass is 388 g/mol. The summed E-state index contributed by atoms with van der Waals surface area (Å²) in [6.07, 6.45) is 0.847. The lowest BCUT2D eigenvalue weighted by Gasteiger charge is -2.02. The maximum Gasteiger partial charge on any atom is 0.188 e. The van der Waals surface area contributed by atoms with Crippen molar-refractivity contribution in [2.75, 3.05) is 13.6 Å². The number of nitrogens with one attached hydrogen (secondary N) is 1. The molecular weight excluding hydrogens is 371 g/mol. The van der Waals surface area contributed by atoms with E-state index in [9.17, 15) is 0 Å². The number of thiazole rings is 1. The first kappa shape index (κ1) is 15.9. The van der Waals surface area contributed by atoms with Gasteiger partial charge in [0.05, 0.1) is 5.69 Å². The van der Waals surface area contributed by atoms with Crippen LogP contribution in [0.25, 0.3) is 10.6 Å². The van der Waals surface area contributed by atoms with Crippen LogP contribution in [-0.2, 0) is 6.42 Å². The topological polar surface area (TPSA) is 63.3 Å². The summed E-state index contributed by atoms with van der Waals surface area (Å²) in [7, 11) is 1.67. The summed E-state index contributed by atoms with van der Waals surface area (Å²) in [5.74, 6) is 0.466. The summed E-state index contributed by atoms with van der Waals surface area (Å²) in [6, 6.07) is 10.2. The van der Waals surface area contributed by atoms with E-state index in [1.165, 1.54) is 0 Å². The number of aliphatic imine (C=N–C) groups is 1. The number of benzene rings is 1. The van der Waals surface area contributed by atoms with Crippen molar-refractivity contribution in [2.45, 2.75) is 6.42 Å². The van der Waals surface area contributed by atoms with Crippen LogP contribution in [-0.4, -0.2) is 24.5 Å². The molecule has 0 bridgehead atoms. The molecule has 3 N–H and O–H groups in total. The zero-order valence-corrected chi connectivity index (χ0v) is 13.8. The average molecular weight is 388 g/mol. The van der Waals surface area contributed by atoms with Gasteiger partial charge in [0.25, 0.3) is 0 Å². The van der Waals surface area contributed by atoms with Gasteiger partial charge in [0.15, 0.2) is 5.96 Å². The SMILES string of the molecule is CN=C(N)NCCc1csc(-c2ccccc2)n1.I. The minimum absolute atomic E-state index is 0. The molecule has 0 spiro atoms. The fourth-order valence-electron chi connectivity index (χ4n) is 1.53. The largest absolute Gasteiger partial charge is 0.370 e. The highest BCUT2D eigenvalue weighted by molar-refractivity contribution is 14.0. The van der Waals surface area contributed by atoms with Crippen molar-refractivity contribution in [3.05, 3.63) is 41.4 Å². The molecule has 0 amide bonds.